The maximum absolute atomic E-state index is 13.3. The van der Waals surface area contributed by atoms with E-state index < -0.39 is 9.84 Å². The molecule has 1 amide bonds. The first kappa shape index (κ1) is 25.7. The maximum atomic E-state index is 13.3. The number of carbonyl (C=O) groups excluding carboxylic acids is 1. The predicted octanol–water partition coefficient (Wildman–Crippen LogP) is 3.98. The van der Waals surface area contributed by atoms with E-state index in [0.29, 0.717) is 39.6 Å². The van der Waals surface area contributed by atoms with Crippen LogP contribution >= 0.6 is 23.7 Å². The number of rotatable bonds is 8. The Morgan fingerprint density at radius 2 is 1.75 bits per heavy atom. The van der Waals surface area contributed by atoms with Crippen molar-refractivity contribution < 1.29 is 13.2 Å². The highest BCUT2D eigenvalue weighted by Crippen LogP contribution is 2.31. The minimum absolute atomic E-state index is 0. The van der Waals surface area contributed by atoms with Crippen LogP contribution in [0.15, 0.2) is 47.4 Å². The van der Waals surface area contributed by atoms with Crippen LogP contribution in [0.2, 0.25) is 0 Å². The van der Waals surface area contributed by atoms with Gasteiger partial charge in [0.15, 0.2) is 15.0 Å². The van der Waals surface area contributed by atoms with Gasteiger partial charge in [-0.2, -0.15) is 5.26 Å². The number of anilines is 1. The maximum Gasteiger partial charge on any atom is 0.260 e. The summed E-state index contributed by atoms with van der Waals surface area (Å²) in [5.74, 6) is -0.209. The van der Waals surface area contributed by atoms with Gasteiger partial charge in [-0.25, -0.2) is 13.4 Å². The van der Waals surface area contributed by atoms with Crippen molar-refractivity contribution >= 4 is 54.8 Å². The Morgan fingerprint density at radius 3 is 2.31 bits per heavy atom. The van der Waals surface area contributed by atoms with E-state index >= 15 is 0 Å². The summed E-state index contributed by atoms with van der Waals surface area (Å²) in [4.78, 5) is 22.0. The number of nitriles is 1. The molecule has 3 aromatic rings. The summed E-state index contributed by atoms with van der Waals surface area (Å²) in [6.07, 6.45) is 1.17. The predicted molar refractivity (Wildman–Crippen MR) is 131 cm³/mol. The molecule has 0 atom stereocenters. The van der Waals surface area contributed by atoms with Crippen LogP contribution in [0.4, 0.5) is 5.13 Å². The number of hydrogen-bond donors (Lipinski definition) is 0. The molecule has 1 aromatic heterocycles. The summed E-state index contributed by atoms with van der Waals surface area (Å²) in [5, 5.41) is 9.53. The van der Waals surface area contributed by atoms with Gasteiger partial charge in [-0.05, 0) is 55.6 Å². The number of benzene rings is 2. The monoisotopic (exact) mass is 492 g/mol. The Morgan fingerprint density at radius 1 is 1.09 bits per heavy atom. The van der Waals surface area contributed by atoms with Crippen LogP contribution in [0, 0.1) is 11.3 Å². The van der Waals surface area contributed by atoms with Crippen LogP contribution in [0.5, 0.6) is 0 Å². The van der Waals surface area contributed by atoms with E-state index in [9.17, 15) is 13.2 Å². The van der Waals surface area contributed by atoms with Gasteiger partial charge >= 0.3 is 0 Å². The first-order valence-corrected chi connectivity index (χ1v) is 12.6. The van der Waals surface area contributed by atoms with E-state index in [2.05, 4.69) is 29.8 Å². The van der Waals surface area contributed by atoms with Gasteiger partial charge in [-0.1, -0.05) is 25.2 Å². The van der Waals surface area contributed by atoms with E-state index in [0.717, 1.165) is 13.1 Å². The van der Waals surface area contributed by atoms with Crippen molar-refractivity contribution in [3.8, 4) is 6.07 Å². The number of sulfone groups is 1. The zero-order chi connectivity index (χ0) is 22.6. The molecule has 2 aromatic carbocycles. The third-order valence-electron chi connectivity index (χ3n) is 5.05. The van der Waals surface area contributed by atoms with Crippen LogP contribution in [-0.4, -0.2) is 56.6 Å². The highest BCUT2D eigenvalue weighted by Gasteiger charge is 2.22. The first-order chi connectivity index (χ1) is 14.8. The van der Waals surface area contributed by atoms with Crippen molar-refractivity contribution in [1.29, 1.82) is 5.26 Å². The van der Waals surface area contributed by atoms with Gasteiger partial charge < -0.3 is 4.90 Å². The summed E-state index contributed by atoms with van der Waals surface area (Å²) in [6.45, 7) is 7.00. The van der Waals surface area contributed by atoms with Gasteiger partial charge in [-0.3, -0.25) is 9.69 Å². The highest BCUT2D eigenvalue weighted by atomic mass is 35.5. The van der Waals surface area contributed by atoms with E-state index in [4.69, 9.17) is 5.26 Å². The van der Waals surface area contributed by atoms with Crippen LogP contribution < -0.4 is 4.90 Å². The molecule has 0 unspecified atom stereocenters. The number of hydrogen-bond acceptors (Lipinski definition) is 7. The summed E-state index contributed by atoms with van der Waals surface area (Å²) in [5.41, 5.74) is 1.60. The number of halogens is 1. The molecule has 0 aliphatic rings. The molecule has 0 radical (unpaired) electrons. The molecule has 1 heterocycles. The van der Waals surface area contributed by atoms with E-state index in [1.807, 2.05) is 0 Å². The van der Waals surface area contributed by atoms with Crippen molar-refractivity contribution in [3.63, 3.8) is 0 Å². The topological polar surface area (TPSA) is 94.4 Å². The molecule has 0 N–H and O–H groups in total. The molecular formula is C22H25ClN4O3S2. The van der Waals surface area contributed by atoms with E-state index in [-0.39, 0.29) is 23.2 Å². The molecule has 0 fully saturated rings. The van der Waals surface area contributed by atoms with Gasteiger partial charge in [0.25, 0.3) is 5.91 Å². The van der Waals surface area contributed by atoms with Crippen LogP contribution in [0.25, 0.3) is 10.2 Å². The molecule has 0 spiro atoms. The lowest BCUT2D eigenvalue weighted by molar-refractivity contribution is 0.0983. The molecule has 0 bridgehead atoms. The Bertz CT molecular complexity index is 1230. The van der Waals surface area contributed by atoms with Crippen molar-refractivity contribution in [2.24, 2.45) is 0 Å². The third-order valence-corrected chi connectivity index (χ3v) is 7.20. The normalized spacial score (nSPS) is 11.2. The smallest absolute Gasteiger partial charge is 0.260 e. The van der Waals surface area contributed by atoms with E-state index in [1.54, 1.807) is 41.3 Å². The molecule has 3 rings (SSSR count). The average Bonchev–Trinajstić information content (AvgIpc) is 3.19. The molecule has 10 heteroatoms. The lowest BCUT2D eigenvalue weighted by Crippen LogP contribution is -2.38. The number of nitrogens with zero attached hydrogens (tertiary/aromatic N) is 4. The van der Waals surface area contributed by atoms with Crippen LogP contribution in [-0.2, 0) is 9.84 Å². The van der Waals surface area contributed by atoms with Gasteiger partial charge in [-0.15, -0.1) is 12.4 Å². The fraction of sp³-hybridized carbons (Fsp3) is 0.318. The number of thiazole rings is 1. The third kappa shape index (κ3) is 5.84. The number of carbonyl (C=O) groups is 1. The van der Waals surface area contributed by atoms with Gasteiger partial charge in [0.1, 0.15) is 0 Å². The standard InChI is InChI=1S/C22H24N4O3S2.ClH/c1-4-25(5-2)12-13-26(21(27)17-8-6-16(15-23)7-9-17)22-24-19-11-10-18(31(3,28)29)14-20(19)30-22;/h6-11,14H,4-5,12-13H2,1-3H3;1H. The van der Waals surface area contributed by atoms with Gasteiger partial charge in [0.2, 0.25) is 0 Å². The summed E-state index contributed by atoms with van der Waals surface area (Å²) < 4.78 is 24.5. The fourth-order valence-electron chi connectivity index (χ4n) is 3.15. The molecule has 0 aliphatic carbocycles. The van der Waals surface area contributed by atoms with E-state index in [1.165, 1.54) is 23.7 Å². The molecular weight excluding hydrogens is 468 g/mol. The van der Waals surface area contributed by atoms with Gasteiger partial charge in [0, 0.05) is 24.9 Å². The SMILES string of the molecule is CCN(CC)CCN(C(=O)c1ccc(C#N)cc1)c1nc2ccc(S(C)(=O)=O)cc2s1.Cl. The van der Waals surface area contributed by atoms with Crippen molar-refractivity contribution in [2.45, 2.75) is 18.7 Å². The number of likely N-dealkylation sites (N-methyl/N-ethyl adjacent to an activating group) is 1. The summed E-state index contributed by atoms with van der Waals surface area (Å²) in [6, 6.07) is 13.4. The largest absolute Gasteiger partial charge is 0.302 e. The fourth-order valence-corrected chi connectivity index (χ4v) is 4.90. The van der Waals surface area contributed by atoms with Crippen LogP contribution in [0.3, 0.4) is 0 Å². The molecule has 0 saturated carbocycles. The Kier molecular flexibility index (Phi) is 8.75. The lowest BCUT2D eigenvalue weighted by atomic mass is 10.1. The molecule has 0 saturated heterocycles. The zero-order valence-corrected chi connectivity index (χ0v) is 20.6. The van der Waals surface area contributed by atoms with Crippen molar-refractivity contribution in [3.05, 3.63) is 53.6 Å². The second-order valence-corrected chi connectivity index (χ2v) is 10.1. The average molecular weight is 493 g/mol. The van der Waals surface area contributed by atoms with Crippen molar-refractivity contribution in [2.75, 3.05) is 37.3 Å². The minimum Gasteiger partial charge on any atom is -0.302 e. The van der Waals surface area contributed by atoms with Gasteiger partial charge in [0.05, 0.1) is 26.7 Å². The molecule has 32 heavy (non-hydrogen) atoms. The number of fused-ring (bicyclic) bond motifs is 1. The summed E-state index contributed by atoms with van der Waals surface area (Å²) >= 11 is 1.29. The lowest BCUT2D eigenvalue weighted by Gasteiger charge is -2.24. The quantitative estimate of drug-likeness (QED) is 0.472. The Balaban J connectivity index is 0.00000363. The highest BCUT2D eigenvalue weighted by molar-refractivity contribution is 7.90. The first-order valence-electron chi connectivity index (χ1n) is 9.91. The second kappa shape index (κ2) is 10.9. The Hall–Kier alpha value is -2.51. The number of amides is 1. The molecule has 0 aliphatic heterocycles. The van der Waals surface area contributed by atoms with Crippen molar-refractivity contribution in [1.82, 2.24) is 9.88 Å². The van der Waals surface area contributed by atoms with Crippen LogP contribution in [0.1, 0.15) is 29.8 Å². The second-order valence-electron chi connectivity index (χ2n) is 7.07. The zero-order valence-electron chi connectivity index (χ0n) is 18.1. The summed E-state index contributed by atoms with van der Waals surface area (Å²) in [7, 11) is -3.33. The molecule has 170 valence electrons. The minimum atomic E-state index is -3.33. The molecule has 7 nitrogen and oxygen atoms in total. The Labute approximate surface area is 198 Å². The number of aromatic nitrogens is 1.